The first kappa shape index (κ1) is 16.2. The van der Waals surface area contributed by atoms with E-state index in [-0.39, 0.29) is 12.5 Å². The standard InChI is InChI=1S/C17H14F3NO3/c18-17(19,20)13-4-1-11(2-5-13)10-21-16(22)12-3-6-14-15(9-12)24-8-7-23-14/h1-6,9H,7-8,10H2,(H,21,22). The van der Waals surface area contributed by atoms with Crippen LogP contribution in [0.1, 0.15) is 21.5 Å². The monoisotopic (exact) mass is 337 g/mol. The molecule has 24 heavy (non-hydrogen) atoms. The smallest absolute Gasteiger partial charge is 0.416 e. The van der Waals surface area contributed by atoms with Crippen LogP contribution in [-0.2, 0) is 12.7 Å². The third-order valence-corrected chi connectivity index (χ3v) is 3.54. The molecule has 0 unspecified atom stereocenters. The van der Waals surface area contributed by atoms with Crippen molar-refractivity contribution in [1.29, 1.82) is 0 Å². The van der Waals surface area contributed by atoms with E-state index in [1.807, 2.05) is 0 Å². The van der Waals surface area contributed by atoms with Crippen molar-refractivity contribution < 1.29 is 27.4 Å². The topological polar surface area (TPSA) is 47.6 Å². The number of hydrogen-bond acceptors (Lipinski definition) is 3. The first-order valence-corrected chi connectivity index (χ1v) is 7.27. The van der Waals surface area contributed by atoms with Crippen molar-refractivity contribution in [2.75, 3.05) is 13.2 Å². The molecule has 0 saturated carbocycles. The summed E-state index contributed by atoms with van der Waals surface area (Å²) in [4.78, 5) is 12.1. The van der Waals surface area contributed by atoms with Crippen molar-refractivity contribution in [2.24, 2.45) is 0 Å². The maximum absolute atomic E-state index is 12.5. The number of amides is 1. The van der Waals surface area contributed by atoms with Crippen LogP contribution in [0.5, 0.6) is 11.5 Å². The van der Waals surface area contributed by atoms with E-state index in [0.717, 1.165) is 12.1 Å². The lowest BCUT2D eigenvalue weighted by atomic mass is 10.1. The largest absolute Gasteiger partial charge is 0.486 e. The molecule has 4 nitrogen and oxygen atoms in total. The van der Waals surface area contributed by atoms with Gasteiger partial charge in [-0.05, 0) is 35.9 Å². The summed E-state index contributed by atoms with van der Waals surface area (Å²) in [6.45, 7) is 1.02. The Morgan fingerprint density at radius 3 is 2.33 bits per heavy atom. The number of alkyl halides is 3. The molecule has 1 heterocycles. The number of carbonyl (C=O) groups excluding carboxylic acids is 1. The van der Waals surface area contributed by atoms with Crippen LogP contribution < -0.4 is 14.8 Å². The Morgan fingerprint density at radius 1 is 1.00 bits per heavy atom. The summed E-state index contributed by atoms with van der Waals surface area (Å²) in [5.41, 5.74) is 0.254. The molecule has 1 N–H and O–H groups in total. The molecule has 1 aliphatic heterocycles. The van der Waals surface area contributed by atoms with Gasteiger partial charge in [-0.15, -0.1) is 0 Å². The Balaban J connectivity index is 1.63. The minimum atomic E-state index is -4.37. The molecule has 1 aliphatic rings. The maximum Gasteiger partial charge on any atom is 0.416 e. The Labute approximate surface area is 136 Å². The Morgan fingerprint density at radius 2 is 1.67 bits per heavy atom. The predicted molar refractivity (Wildman–Crippen MR) is 80.0 cm³/mol. The summed E-state index contributed by atoms with van der Waals surface area (Å²) in [6, 6.07) is 9.50. The van der Waals surface area contributed by atoms with Crippen LogP contribution in [0.25, 0.3) is 0 Å². The van der Waals surface area contributed by atoms with E-state index < -0.39 is 11.7 Å². The van der Waals surface area contributed by atoms with Gasteiger partial charge in [-0.25, -0.2) is 0 Å². The van der Waals surface area contributed by atoms with Gasteiger partial charge in [0.15, 0.2) is 11.5 Å². The average Bonchev–Trinajstić information content (AvgIpc) is 2.59. The molecule has 1 amide bonds. The van der Waals surface area contributed by atoms with E-state index in [4.69, 9.17) is 9.47 Å². The molecule has 0 aliphatic carbocycles. The fourth-order valence-corrected chi connectivity index (χ4v) is 2.28. The van der Waals surface area contributed by atoms with Crippen LogP contribution in [0.3, 0.4) is 0 Å². The predicted octanol–water partition coefficient (Wildman–Crippen LogP) is 3.41. The van der Waals surface area contributed by atoms with Crippen molar-refractivity contribution in [1.82, 2.24) is 5.32 Å². The van der Waals surface area contributed by atoms with E-state index in [0.29, 0.717) is 35.8 Å². The number of nitrogens with one attached hydrogen (secondary N) is 1. The van der Waals surface area contributed by atoms with Crippen LogP contribution in [0.2, 0.25) is 0 Å². The first-order valence-electron chi connectivity index (χ1n) is 7.27. The maximum atomic E-state index is 12.5. The molecule has 0 fully saturated rings. The molecule has 7 heteroatoms. The second-order valence-corrected chi connectivity index (χ2v) is 5.24. The molecule has 0 spiro atoms. The molecule has 0 bridgehead atoms. The highest BCUT2D eigenvalue weighted by Crippen LogP contribution is 2.31. The second-order valence-electron chi connectivity index (χ2n) is 5.24. The molecule has 3 rings (SSSR count). The molecule has 0 radical (unpaired) electrons. The first-order chi connectivity index (χ1) is 11.4. The van der Waals surface area contributed by atoms with Crippen molar-refractivity contribution in [3.05, 3.63) is 59.2 Å². The zero-order chi connectivity index (χ0) is 17.2. The number of benzene rings is 2. The third kappa shape index (κ3) is 3.61. The number of fused-ring (bicyclic) bond motifs is 1. The SMILES string of the molecule is O=C(NCc1ccc(C(F)(F)F)cc1)c1ccc2c(c1)OCCO2. The van der Waals surface area contributed by atoms with Gasteiger partial charge in [0.2, 0.25) is 0 Å². The quantitative estimate of drug-likeness (QED) is 0.934. The molecular formula is C17H14F3NO3. The van der Waals surface area contributed by atoms with E-state index in [1.54, 1.807) is 18.2 Å². The molecule has 0 saturated heterocycles. The fraction of sp³-hybridized carbons (Fsp3) is 0.235. The van der Waals surface area contributed by atoms with Crippen LogP contribution in [0.4, 0.5) is 13.2 Å². The molecule has 0 atom stereocenters. The highest BCUT2D eigenvalue weighted by Gasteiger charge is 2.29. The number of carbonyl (C=O) groups is 1. The van der Waals surface area contributed by atoms with Gasteiger partial charge < -0.3 is 14.8 Å². The zero-order valence-electron chi connectivity index (χ0n) is 12.5. The molecule has 2 aromatic rings. The van der Waals surface area contributed by atoms with Gasteiger partial charge in [-0.3, -0.25) is 4.79 Å². The Hall–Kier alpha value is -2.70. The van der Waals surface area contributed by atoms with Gasteiger partial charge in [-0.2, -0.15) is 13.2 Å². The second kappa shape index (κ2) is 6.43. The molecule has 126 valence electrons. The minimum Gasteiger partial charge on any atom is -0.486 e. The Kier molecular flexibility index (Phi) is 4.33. The summed E-state index contributed by atoms with van der Waals surface area (Å²) in [5, 5.41) is 2.66. The highest BCUT2D eigenvalue weighted by atomic mass is 19.4. The van der Waals surface area contributed by atoms with Crippen LogP contribution in [0, 0.1) is 0 Å². The van der Waals surface area contributed by atoms with Gasteiger partial charge in [-0.1, -0.05) is 12.1 Å². The lowest BCUT2D eigenvalue weighted by Crippen LogP contribution is -2.23. The van der Waals surface area contributed by atoms with Gasteiger partial charge >= 0.3 is 6.18 Å². The molecule has 0 aromatic heterocycles. The van der Waals surface area contributed by atoms with Gasteiger partial charge in [0, 0.05) is 12.1 Å². The zero-order valence-corrected chi connectivity index (χ0v) is 12.5. The van der Waals surface area contributed by atoms with Gasteiger partial charge in [0.05, 0.1) is 5.56 Å². The Bertz CT molecular complexity index is 742. The van der Waals surface area contributed by atoms with Gasteiger partial charge in [0.1, 0.15) is 13.2 Å². The third-order valence-electron chi connectivity index (χ3n) is 3.54. The van der Waals surface area contributed by atoms with Crippen LogP contribution in [0.15, 0.2) is 42.5 Å². The summed E-state index contributed by atoms with van der Waals surface area (Å²) >= 11 is 0. The summed E-state index contributed by atoms with van der Waals surface area (Å²) in [5.74, 6) is 0.746. The van der Waals surface area contributed by atoms with Crippen molar-refractivity contribution >= 4 is 5.91 Å². The molecule has 2 aromatic carbocycles. The van der Waals surface area contributed by atoms with Crippen molar-refractivity contribution in [3.8, 4) is 11.5 Å². The summed E-state index contributed by atoms with van der Waals surface area (Å²) in [6.07, 6.45) is -4.37. The van der Waals surface area contributed by atoms with E-state index in [2.05, 4.69) is 5.32 Å². The van der Waals surface area contributed by atoms with Gasteiger partial charge in [0.25, 0.3) is 5.91 Å². The normalized spacial score (nSPS) is 13.5. The van der Waals surface area contributed by atoms with Crippen LogP contribution >= 0.6 is 0 Å². The number of hydrogen-bond donors (Lipinski definition) is 1. The lowest BCUT2D eigenvalue weighted by Gasteiger charge is -2.18. The minimum absolute atomic E-state index is 0.130. The summed E-state index contributed by atoms with van der Waals surface area (Å²) < 4.78 is 48.3. The number of halogens is 3. The van der Waals surface area contributed by atoms with E-state index >= 15 is 0 Å². The number of ether oxygens (including phenoxy) is 2. The van der Waals surface area contributed by atoms with Crippen molar-refractivity contribution in [2.45, 2.75) is 12.7 Å². The van der Waals surface area contributed by atoms with Crippen molar-refractivity contribution in [3.63, 3.8) is 0 Å². The van der Waals surface area contributed by atoms with E-state index in [9.17, 15) is 18.0 Å². The summed E-state index contributed by atoms with van der Waals surface area (Å²) in [7, 11) is 0. The van der Waals surface area contributed by atoms with E-state index in [1.165, 1.54) is 12.1 Å². The average molecular weight is 337 g/mol. The lowest BCUT2D eigenvalue weighted by molar-refractivity contribution is -0.137. The van der Waals surface area contributed by atoms with Crippen LogP contribution in [-0.4, -0.2) is 19.1 Å². The molecular weight excluding hydrogens is 323 g/mol. The number of rotatable bonds is 3. The highest BCUT2D eigenvalue weighted by molar-refractivity contribution is 5.94. The fourth-order valence-electron chi connectivity index (χ4n) is 2.28.